The smallest absolute Gasteiger partial charge is 0.303 e. The minimum atomic E-state index is -0.0984. The number of azo groups is 1. The van der Waals surface area contributed by atoms with Gasteiger partial charge in [-0.1, -0.05) is 18.2 Å². The van der Waals surface area contributed by atoms with Crippen molar-refractivity contribution in [3.05, 3.63) is 29.8 Å². The Bertz CT molecular complexity index is 338. The lowest BCUT2D eigenvalue weighted by Crippen LogP contribution is -2.06. The van der Waals surface area contributed by atoms with E-state index in [9.17, 15) is 4.79 Å². The number of carbonyl (C=O) groups excluding carboxylic acids is 1. The molecule has 3 heteroatoms. The van der Waals surface area contributed by atoms with E-state index in [-0.39, 0.29) is 7.34 Å². The number of fused-ring (bicyclic) bond motifs is 1. The van der Waals surface area contributed by atoms with Gasteiger partial charge in [0.15, 0.2) is 0 Å². The topological polar surface area (TPSA) is 41.8 Å². The number of benzene rings is 1. The summed E-state index contributed by atoms with van der Waals surface area (Å²) in [5.41, 5.74) is 1.81. The SMILES string of the molecule is O=CC1CN=Nc2ccccc21.[H+]. The van der Waals surface area contributed by atoms with Crippen LogP contribution < -0.4 is 0 Å². The van der Waals surface area contributed by atoms with Crippen molar-refractivity contribution in [2.75, 3.05) is 6.54 Å². The Hall–Kier alpha value is -1.51. The van der Waals surface area contributed by atoms with Crippen LogP contribution >= 0.6 is 0 Å². The summed E-state index contributed by atoms with van der Waals surface area (Å²) in [6.45, 7) is 0.487. The van der Waals surface area contributed by atoms with E-state index in [0.717, 1.165) is 17.5 Å². The Labute approximate surface area is 71.6 Å². The molecule has 0 amide bonds. The monoisotopic (exact) mass is 161 g/mol. The number of aldehydes is 1. The summed E-state index contributed by atoms with van der Waals surface area (Å²) < 4.78 is 0. The molecule has 0 N–H and O–H groups in total. The predicted molar refractivity (Wildman–Crippen MR) is 45.7 cm³/mol. The molecule has 0 saturated carbocycles. The van der Waals surface area contributed by atoms with Gasteiger partial charge in [-0.05, 0) is 11.6 Å². The van der Waals surface area contributed by atoms with Crippen LogP contribution in [-0.4, -0.2) is 12.8 Å². The Morgan fingerprint density at radius 1 is 1.50 bits per heavy atom. The van der Waals surface area contributed by atoms with Crippen LogP contribution in [0.4, 0.5) is 5.69 Å². The second-order valence-corrected chi connectivity index (χ2v) is 2.73. The van der Waals surface area contributed by atoms with E-state index in [1.807, 2.05) is 24.3 Å². The van der Waals surface area contributed by atoms with Crippen molar-refractivity contribution < 1.29 is 6.22 Å². The predicted octanol–water partition coefficient (Wildman–Crippen LogP) is 2.18. The lowest BCUT2D eigenvalue weighted by molar-refractivity contribution is -0.108. The fourth-order valence-electron chi connectivity index (χ4n) is 1.31. The Morgan fingerprint density at radius 2 is 2.33 bits per heavy atom. The van der Waals surface area contributed by atoms with Gasteiger partial charge in [0.05, 0.1) is 18.2 Å². The summed E-state index contributed by atoms with van der Waals surface area (Å²) in [6.07, 6.45) is 0.928. The lowest BCUT2D eigenvalue weighted by Gasteiger charge is -2.13. The molecule has 1 aromatic rings. The molecule has 1 aromatic carbocycles. The first kappa shape index (κ1) is 7.16. The van der Waals surface area contributed by atoms with Gasteiger partial charge in [-0.3, -0.25) is 0 Å². The second-order valence-electron chi connectivity index (χ2n) is 2.73. The third-order valence-electron chi connectivity index (χ3n) is 1.96. The Kier molecular flexibility index (Phi) is 1.70. The zero-order valence-electron chi connectivity index (χ0n) is 7.47. The first-order valence-corrected chi connectivity index (χ1v) is 3.83. The van der Waals surface area contributed by atoms with Gasteiger partial charge in [0.2, 0.25) is 0 Å². The van der Waals surface area contributed by atoms with Crippen LogP contribution in [0.25, 0.3) is 0 Å². The summed E-state index contributed by atoms with van der Waals surface area (Å²) >= 11 is 0. The summed E-state index contributed by atoms with van der Waals surface area (Å²) in [5.74, 6) is -0.0984. The molecule has 1 unspecified atom stereocenters. The van der Waals surface area contributed by atoms with E-state index in [0.29, 0.717) is 6.54 Å². The second kappa shape index (κ2) is 2.85. The molecule has 0 saturated heterocycles. The van der Waals surface area contributed by atoms with Crippen LogP contribution in [0, 0.1) is 0 Å². The minimum Gasteiger partial charge on any atom is -0.303 e. The summed E-state index contributed by atoms with van der Waals surface area (Å²) in [5, 5.41) is 7.82. The van der Waals surface area contributed by atoms with E-state index in [1.165, 1.54) is 0 Å². The van der Waals surface area contributed by atoms with Gasteiger partial charge in [-0.2, -0.15) is 10.2 Å². The van der Waals surface area contributed by atoms with E-state index < -0.39 is 0 Å². The summed E-state index contributed by atoms with van der Waals surface area (Å²) in [4.78, 5) is 10.6. The normalized spacial score (nSPS) is 20.2. The number of nitrogens with zero attached hydrogens (tertiary/aromatic N) is 2. The first-order chi connectivity index (χ1) is 5.92. The highest BCUT2D eigenvalue weighted by Gasteiger charge is 2.16. The fraction of sp³-hybridized carbons (Fsp3) is 0.222. The molecule has 3 nitrogen and oxygen atoms in total. The largest absolute Gasteiger partial charge is 1.00 e. The molecule has 1 atom stereocenters. The maximum absolute atomic E-state index is 10.6. The Morgan fingerprint density at radius 3 is 3.17 bits per heavy atom. The molecule has 60 valence electrons. The molecule has 2 rings (SSSR count). The highest BCUT2D eigenvalue weighted by molar-refractivity contribution is 5.68. The maximum atomic E-state index is 10.6. The minimum absolute atomic E-state index is 0. The lowest BCUT2D eigenvalue weighted by atomic mass is 9.98. The van der Waals surface area contributed by atoms with Crippen molar-refractivity contribution in [3.8, 4) is 0 Å². The van der Waals surface area contributed by atoms with Gasteiger partial charge < -0.3 is 4.79 Å². The summed E-state index contributed by atoms with van der Waals surface area (Å²) in [6, 6.07) is 7.60. The van der Waals surface area contributed by atoms with Crippen molar-refractivity contribution in [1.29, 1.82) is 0 Å². The molecule has 0 radical (unpaired) electrons. The third kappa shape index (κ3) is 1.03. The average Bonchev–Trinajstić information content (AvgIpc) is 2.17. The van der Waals surface area contributed by atoms with E-state index in [2.05, 4.69) is 10.2 Å². The van der Waals surface area contributed by atoms with Crippen LogP contribution in [0.2, 0.25) is 0 Å². The van der Waals surface area contributed by atoms with Crippen LogP contribution in [0.15, 0.2) is 34.5 Å². The van der Waals surface area contributed by atoms with E-state index in [1.54, 1.807) is 0 Å². The number of carbonyl (C=O) groups is 1. The Balaban J connectivity index is 0.000000845. The van der Waals surface area contributed by atoms with Crippen LogP contribution in [0.3, 0.4) is 0 Å². The van der Waals surface area contributed by atoms with Gasteiger partial charge in [-0.15, -0.1) is 0 Å². The van der Waals surface area contributed by atoms with Crippen LogP contribution in [0.5, 0.6) is 0 Å². The molecule has 1 aliphatic heterocycles. The number of rotatable bonds is 1. The zero-order chi connectivity index (χ0) is 8.39. The van der Waals surface area contributed by atoms with Gasteiger partial charge in [0.1, 0.15) is 6.29 Å². The van der Waals surface area contributed by atoms with Gasteiger partial charge in [0, 0.05) is 0 Å². The molecule has 0 aliphatic carbocycles. The molecule has 0 fully saturated rings. The van der Waals surface area contributed by atoms with Crippen molar-refractivity contribution in [2.45, 2.75) is 5.92 Å². The van der Waals surface area contributed by atoms with Crippen molar-refractivity contribution in [1.82, 2.24) is 0 Å². The highest BCUT2D eigenvalue weighted by Crippen LogP contribution is 2.29. The van der Waals surface area contributed by atoms with Gasteiger partial charge in [0.25, 0.3) is 0 Å². The van der Waals surface area contributed by atoms with E-state index >= 15 is 0 Å². The average molecular weight is 161 g/mol. The zero-order valence-corrected chi connectivity index (χ0v) is 6.47. The maximum Gasteiger partial charge on any atom is 1.00 e. The van der Waals surface area contributed by atoms with Crippen molar-refractivity contribution >= 4 is 12.0 Å². The molecular formula is C9H9N2O+. The van der Waals surface area contributed by atoms with E-state index in [4.69, 9.17) is 0 Å². The molecule has 12 heavy (non-hydrogen) atoms. The standard InChI is InChI=1S/C9H8N2O/c12-6-7-5-10-11-9-4-2-1-3-8(7)9/h1-4,6-7H,5H2/p+1. The van der Waals surface area contributed by atoms with Crippen LogP contribution in [-0.2, 0) is 4.79 Å². The fourth-order valence-corrected chi connectivity index (χ4v) is 1.31. The molecular weight excluding hydrogens is 152 g/mol. The molecule has 0 spiro atoms. The molecule has 1 heterocycles. The van der Waals surface area contributed by atoms with Gasteiger partial charge in [-0.25, -0.2) is 0 Å². The summed E-state index contributed by atoms with van der Waals surface area (Å²) in [7, 11) is 0. The molecule has 0 aromatic heterocycles. The molecule has 0 bridgehead atoms. The first-order valence-electron chi connectivity index (χ1n) is 3.83. The quantitative estimate of drug-likeness (QED) is 0.582. The third-order valence-corrected chi connectivity index (χ3v) is 1.96. The molecule has 1 aliphatic rings. The number of hydrogen-bond donors (Lipinski definition) is 0. The number of hydrogen-bond acceptors (Lipinski definition) is 3. The van der Waals surface area contributed by atoms with Gasteiger partial charge >= 0.3 is 1.43 Å². The van der Waals surface area contributed by atoms with Crippen LogP contribution in [0.1, 0.15) is 12.9 Å². The van der Waals surface area contributed by atoms with Crippen molar-refractivity contribution in [3.63, 3.8) is 0 Å². The highest BCUT2D eigenvalue weighted by atomic mass is 16.1. The van der Waals surface area contributed by atoms with Crippen molar-refractivity contribution in [2.24, 2.45) is 10.2 Å².